The number of benzene rings is 2. The first-order valence-corrected chi connectivity index (χ1v) is 12.6. The third-order valence-corrected chi connectivity index (χ3v) is 7.24. The first kappa shape index (κ1) is 23.9. The van der Waals surface area contributed by atoms with Crippen molar-refractivity contribution in [3.05, 3.63) is 87.7 Å². The van der Waals surface area contributed by atoms with Crippen molar-refractivity contribution in [3.63, 3.8) is 0 Å². The van der Waals surface area contributed by atoms with Crippen molar-refractivity contribution in [1.29, 1.82) is 0 Å². The van der Waals surface area contributed by atoms with Crippen LogP contribution in [0.1, 0.15) is 40.4 Å². The first-order chi connectivity index (χ1) is 17.0. The number of rotatable bonds is 4. The normalized spacial score (nSPS) is 16.8. The average Bonchev–Trinajstić information content (AvgIpc) is 3.59. The minimum absolute atomic E-state index is 0.0242. The van der Waals surface area contributed by atoms with Crippen LogP contribution in [0.3, 0.4) is 0 Å². The molecule has 2 amide bonds. The average molecular weight is 512 g/mol. The minimum atomic E-state index is -0.209. The van der Waals surface area contributed by atoms with E-state index in [9.17, 15) is 9.59 Å². The fourth-order valence-corrected chi connectivity index (χ4v) is 5.11. The van der Waals surface area contributed by atoms with Gasteiger partial charge in [-0.15, -0.1) is 0 Å². The van der Waals surface area contributed by atoms with Crippen LogP contribution in [0.5, 0.6) is 0 Å². The van der Waals surface area contributed by atoms with Crippen molar-refractivity contribution in [2.45, 2.75) is 18.9 Å². The second-order valence-electron chi connectivity index (χ2n) is 8.98. The van der Waals surface area contributed by atoms with Crippen LogP contribution in [-0.4, -0.2) is 75.7 Å². The number of likely N-dealkylation sites (tertiary alicyclic amines) is 1. The number of aromatic nitrogens is 2. The van der Waals surface area contributed by atoms with E-state index in [4.69, 9.17) is 23.2 Å². The zero-order valence-corrected chi connectivity index (χ0v) is 20.8. The van der Waals surface area contributed by atoms with Crippen LogP contribution in [0.25, 0.3) is 0 Å². The maximum Gasteiger partial charge on any atom is 0.344 e. The Morgan fingerprint density at radius 3 is 1.83 bits per heavy atom. The molecule has 5 rings (SSSR count). The number of carbonyl (C=O) groups is 2. The first-order valence-electron chi connectivity index (χ1n) is 11.9. The Hall–Kier alpha value is -2.87. The number of carbonyl (C=O) groups excluding carboxylic acids is 2. The third-order valence-electron chi connectivity index (χ3n) is 6.74. The van der Waals surface area contributed by atoms with E-state index in [1.54, 1.807) is 11.1 Å². The summed E-state index contributed by atoms with van der Waals surface area (Å²) >= 11 is 12.3. The molecule has 35 heavy (non-hydrogen) atoms. The van der Waals surface area contributed by atoms with E-state index in [1.165, 1.54) is 10.9 Å². The van der Waals surface area contributed by atoms with Crippen molar-refractivity contribution in [3.8, 4) is 0 Å². The molecule has 2 saturated heterocycles. The topological polar surface area (TPSA) is 61.7 Å². The van der Waals surface area contributed by atoms with Gasteiger partial charge < -0.3 is 9.80 Å². The smallest absolute Gasteiger partial charge is 0.339 e. The summed E-state index contributed by atoms with van der Waals surface area (Å²) in [4.78, 5) is 31.7. The van der Waals surface area contributed by atoms with Crippen LogP contribution in [0.15, 0.2) is 60.9 Å². The second-order valence-corrected chi connectivity index (χ2v) is 9.86. The molecule has 0 N–H and O–H groups in total. The minimum Gasteiger partial charge on any atom is -0.339 e. The number of halogens is 2. The van der Waals surface area contributed by atoms with Gasteiger partial charge in [0.15, 0.2) is 0 Å². The summed E-state index contributed by atoms with van der Waals surface area (Å²) in [5.41, 5.74) is 2.73. The highest BCUT2D eigenvalue weighted by Crippen LogP contribution is 2.31. The summed E-state index contributed by atoms with van der Waals surface area (Å²) in [6, 6.07) is 15.6. The standard InChI is InChI=1S/C26H27Cl2N5O2/c27-22-7-3-19(4-8-22)24(20-5-9-23(28)10-6-20)30-13-15-32(16-14-30)26(35)33-18-21(17-29-33)25(34)31-11-1-2-12-31/h3-10,17-18,24H,1-2,11-16H2. The van der Waals surface area contributed by atoms with Gasteiger partial charge in [0.1, 0.15) is 0 Å². The highest BCUT2D eigenvalue weighted by atomic mass is 35.5. The molecule has 2 aromatic carbocycles. The lowest BCUT2D eigenvalue weighted by Gasteiger charge is -2.39. The van der Waals surface area contributed by atoms with Gasteiger partial charge in [0.05, 0.1) is 17.8 Å². The molecular formula is C26H27Cl2N5O2. The number of piperazine rings is 1. The third kappa shape index (κ3) is 5.22. The molecule has 3 heterocycles. The molecule has 9 heteroatoms. The molecule has 0 unspecified atom stereocenters. The van der Waals surface area contributed by atoms with E-state index in [0.717, 1.165) is 37.1 Å². The monoisotopic (exact) mass is 511 g/mol. The predicted molar refractivity (Wildman–Crippen MR) is 136 cm³/mol. The Balaban J connectivity index is 1.28. The molecule has 0 aliphatic carbocycles. The van der Waals surface area contributed by atoms with Crippen molar-refractivity contribution in [1.82, 2.24) is 24.5 Å². The fourth-order valence-electron chi connectivity index (χ4n) is 4.86. The van der Waals surface area contributed by atoms with Crippen LogP contribution >= 0.6 is 23.2 Å². The van der Waals surface area contributed by atoms with Gasteiger partial charge in [0, 0.05) is 55.5 Å². The molecule has 0 spiro atoms. The van der Waals surface area contributed by atoms with E-state index >= 15 is 0 Å². The van der Waals surface area contributed by atoms with E-state index in [2.05, 4.69) is 10.00 Å². The van der Waals surface area contributed by atoms with Crippen LogP contribution in [0.4, 0.5) is 4.79 Å². The van der Waals surface area contributed by atoms with Gasteiger partial charge in [0.2, 0.25) is 0 Å². The molecule has 3 aromatic rings. The Kier molecular flexibility index (Phi) is 7.09. The molecule has 2 aliphatic heterocycles. The Labute approximate surface area is 214 Å². The number of amides is 2. The SMILES string of the molecule is O=C(c1cnn(C(=O)N2CCN(C(c3ccc(Cl)cc3)c3ccc(Cl)cc3)CC2)c1)N1CCCC1. The lowest BCUT2D eigenvalue weighted by Crippen LogP contribution is -2.51. The summed E-state index contributed by atoms with van der Waals surface area (Å²) in [5.74, 6) is -0.0554. The van der Waals surface area contributed by atoms with Gasteiger partial charge in [-0.3, -0.25) is 9.69 Å². The molecule has 2 aliphatic rings. The molecule has 0 saturated carbocycles. The van der Waals surface area contributed by atoms with Crippen LogP contribution in [-0.2, 0) is 0 Å². The Bertz CT molecular complexity index is 1140. The molecule has 2 fully saturated rings. The summed E-state index contributed by atoms with van der Waals surface area (Å²) in [7, 11) is 0. The predicted octanol–water partition coefficient (Wildman–Crippen LogP) is 4.80. The summed E-state index contributed by atoms with van der Waals surface area (Å²) < 4.78 is 1.29. The summed E-state index contributed by atoms with van der Waals surface area (Å²) in [5, 5.41) is 5.58. The number of nitrogens with zero attached hydrogens (tertiary/aromatic N) is 5. The number of hydrogen-bond donors (Lipinski definition) is 0. The highest BCUT2D eigenvalue weighted by Gasteiger charge is 2.30. The van der Waals surface area contributed by atoms with Crippen molar-refractivity contribution < 1.29 is 9.59 Å². The zero-order valence-electron chi connectivity index (χ0n) is 19.3. The summed E-state index contributed by atoms with van der Waals surface area (Å²) in [6.07, 6.45) is 5.09. The van der Waals surface area contributed by atoms with E-state index in [-0.39, 0.29) is 18.0 Å². The van der Waals surface area contributed by atoms with Gasteiger partial charge in [0.25, 0.3) is 5.91 Å². The van der Waals surface area contributed by atoms with Gasteiger partial charge >= 0.3 is 6.03 Å². The lowest BCUT2D eigenvalue weighted by atomic mass is 9.96. The number of hydrogen-bond acceptors (Lipinski definition) is 4. The second kappa shape index (κ2) is 10.4. The maximum absolute atomic E-state index is 13.1. The molecule has 0 bridgehead atoms. The molecular weight excluding hydrogens is 485 g/mol. The van der Waals surface area contributed by atoms with E-state index < -0.39 is 0 Å². The van der Waals surface area contributed by atoms with Crippen molar-refractivity contribution in [2.24, 2.45) is 0 Å². The van der Waals surface area contributed by atoms with Crippen molar-refractivity contribution in [2.75, 3.05) is 39.3 Å². The van der Waals surface area contributed by atoms with E-state index in [1.807, 2.05) is 53.4 Å². The summed E-state index contributed by atoms with van der Waals surface area (Å²) in [6.45, 7) is 4.05. The molecule has 0 radical (unpaired) electrons. The van der Waals surface area contributed by atoms with Crippen molar-refractivity contribution >= 4 is 35.1 Å². The van der Waals surface area contributed by atoms with Gasteiger partial charge in [-0.2, -0.15) is 9.78 Å². The molecule has 7 nitrogen and oxygen atoms in total. The quantitative estimate of drug-likeness (QED) is 0.504. The fraction of sp³-hybridized carbons (Fsp3) is 0.346. The largest absolute Gasteiger partial charge is 0.344 e. The van der Waals surface area contributed by atoms with Gasteiger partial charge in [-0.05, 0) is 48.2 Å². The molecule has 0 atom stereocenters. The van der Waals surface area contributed by atoms with Gasteiger partial charge in [-0.25, -0.2) is 4.79 Å². The van der Waals surface area contributed by atoms with Crippen LogP contribution < -0.4 is 0 Å². The van der Waals surface area contributed by atoms with E-state index in [0.29, 0.717) is 41.8 Å². The van der Waals surface area contributed by atoms with Crippen LogP contribution in [0, 0.1) is 0 Å². The van der Waals surface area contributed by atoms with Crippen LogP contribution in [0.2, 0.25) is 10.0 Å². The molecule has 182 valence electrons. The lowest BCUT2D eigenvalue weighted by molar-refractivity contribution is 0.0793. The highest BCUT2D eigenvalue weighted by molar-refractivity contribution is 6.30. The maximum atomic E-state index is 13.1. The Morgan fingerprint density at radius 2 is 1.29 bits per heavy atom. The molecule has 1 aromatic heterocycles. The Morgan fingerprint density at radius 1 is 0.743 bits per heavy atom. The van der Waals surface area contributed by atoms with Gasteiger partial charge in [-0.1, -0.05) is 47.5 Å². The zero-order chi connectivity index (χ0) is 24.4.